The van der Waals surface area contributed by atoms with Crippen molar-refractivity contribution in [3.63, 3.8) is 0 Å². The third-order valence-electron chi connectivity index (χ3n) is 6.43. The van der Waals surface area contributed by atoms with Gasteiger partial charge in [0.05, 0.1) is 5.75 Å². The highest BCUT2D eigenvalue weighted by Crippen LogP contribution is 2.34. The molecule has 1 aliphatic carbocycles. The molecule has 28 heavy (non-hydrogen) atoms. The lowest BCUT2D eigenvalue weighted by Crippen LogP contribution is -2.51. The molecule has 1 aromatic carbocycles. The molecule has 0 radical (unpaired) electrons. The summed E-state index contributed by atoms with van der Waals surface area (Å²) in [6, 6.07) is 9.67. The molecule has 1 spiro atoms. The zero-order valence-electron chi connectivity index (χ0n) is 16.3. The maximum Gasteiger partial charge on any atom is 0.253 e. The van der Waals surface area contributed by atoms with Gasteiger partial charge in [-0.2, -0.15) is 0 Å². The lowest BCUT2D eigenvalue weighted by Gasteiger charge is -2.34. The number of amidine groups is 1. The molecule has 2 aliphatic heterocycles. The van der Waals surface area contributed by atoms with E-state index in [0.717, 1.165) is 24.2 Å². The zero-order valence-corrected chi connectivity index (χ0v) is 17.1. The summed E-state index contributed by atoms with van der Waals surface area (Å²) in [5.74, 6) is 1.29. The first-order valence-corrected chi connectivity index (χ1v) is 12.0. The van der Waals surface area contributed by atoms with E-state index in [9.17, 15) is 13.2 Å². The third-order valence-corrected chi connectivity index (χ3v) is 8.30. The van der Waals surface area contributed by atoms with Crippen molar-refractivity contribution in [1.29, 1.82) is 0 Å². The second-order valence-corrected chi connectivity index (χ2v) is 10.4. The Bertz CT molecular complexity index is 837. The van der Waals surface area contributed by atoms with Crippen LogP contribution in [0.5, 0.6) is 0 Å². The first kappa shape index (κ1) is 19.6. The summed E-state index contributed by atoms with van der Waals surface area (Å²) < 4.78 is 27.0. The molecular formula is C21H29N3O3S. The van der Waals surface area contributed by atoms with E-state index in [1.807, 2.05) is 30.3 Å². The number of sulfonamides is 1. The summed E-state index contributed by atoms with van der Waals surface area (Å²) in [5, 5.41) is 3.03. The molecule has 1 saturated heterocycles. The molecule has 1 amide bonds. The van der Waals surface area contributed by atoms with Crippen LogP contribution < -0.4 is 5.32 Å². The summed E-state index contributed by atoms with van der Waals surface area (Å²) in [6.45, 7) is 0.734. The van der Waals surface area contributed by atoms with Crippen LogP contribution >= 0.6 is 0 Å². The highest BCUT2D eigenvalue weighted by atomic mass is 32.2. The van der Waals surface area contributed by atoms with Gasteiger partial charge in [0.15, 0.2) is 0 Å². The van der Waals surface area contributed by atoms with Gasteiger partial charge in [0.2, 0.25) is 10.0 Å². The Hall–Kier alpha value is -1.73. The monoisotopic (exact) mass is 403 g/mol. The van der Waals surface area contributed by atoms with Crippen molar-refractivity contribution in [3.05, 3.63) is 35.9 Å². The minimum Gasteiger partial charge on any atom is -0.312 e. The number of carbonyl (C=O) groups excluding carboxylic acids is 1. The van der Waals surface area contributed by atoms with Crippen LogP contribution in [0.1, 0.15) is 50.5 Å². The van der Waals surface area contributed by atoms with Gasteiger partial charge in [-0.1, -0.05) is 49.6 Å². The normalized spacial score (nSPS) is 23.6. The lowest BCUT2D eigenvalue weighted by molar-refractivity contribution is -0.125. The molecule has 1 aromatic rings. The molecular weight excluding hydrogens is 374 g/mol. The number of aryl methyl sites for hydroxylation is 1. The summed E-state index contributed by atoms with van der Waals surface area (Å²) in [6.07, 6.45) is 7.29. The van der Waals surface area contributed by atoms with E-state index in [1.54, 1.807) is 4.31 Å². The maximum absolute atomic E-state index is 12.7. The van der Waals surface area contributed by atoms with Crippen molar-refractivity contribution < 1.29 is 13.2 Å². The van der Waals surface area contributed by atoms with Crippen LogP contribution in [0.25, 0.3) is 0 Å². The Morgan fingerprint density at radius 2 is 1.75 bits per heavy atom. The van der Waals surface area contributed by atoms with Crippen molar-refractivity contribution in [3.8, 4) is 0 Å². The van der Waals surface area contributed by atoms with Crippen LogP contribution in [0.4, 0.5) is 0 Å². The second kappa shape index (κ2) is 7.95. The van der Waals surface area contributed by atoms with E-state index >= 15 is 0 Å². The Labute approximate surface area is 167 Å². The topological polar surface area (TPSA) is 78.8 Å². The largest absolute Gasteiger partial charge is 0.312 e. The zero-order chi connectivity index (χ0) is 19.6. The fourth-order valence-corrected chi connectivity index (χ4v) is 6.10. The molecule has 1 saturated carbocycles. The van der Waals surface area contributed by atoms with Crippen LogP contribution in [0.2, 0.25) is 0 Å². The van der Waals surface area contributed by atoms with E-state index < -0.39 is 15.6 Å². The van der Waals surface area contributed by atoms with E-state index in [0.29, 0.717) is 38.3 Å². The summed E-state index contributed by atoms with van der Waals surface area (Å²) in [5.41, 5.74) is 0.273. The second-order valence-electron chi connectivity index (χ2n) is 8.27. The smallest absolute Gasteiger partial charge is 0.253 e. The van der Waals surface area contributed by atoms with Crippen LogP contribution in [-0.2, 0) is 21.2 Å². The number of carbonyl (C=O) groups is 1. The van der Waals surface area contributed by atoms with Gasteiger partial charge in [0.25, 0.3) is 5.91 Å². The maximum atomic E-state index is 12.7. The summed E-state index contributed by atoms with van der Waals surface area (Å²) in [4.78, 5) is 17.5. The van der Waals surface area contributed by atoms with Crippen LogP contribution in [0, 0.1) is 5.92 Å². The van der Waals surface area contributed by atoms with E-state index in [2.05, 4.69) is 5.32 Å². The number of hydrogen-bond donors (Lipinski definition) is 1. The molecule has 152 valence electrons. The predicted octanol–water partition coefficient (Wildman–Crippen LogP) is 2.50. The fraction of sp³-hybridized carbons (Fsp3) is 0.619. The van der Waals surface area contributed by atoms with Gasteiger partial charge in [-0.25, -0.2) is 12.7 Å². The highest BCUT2D eigenvalue weighted by Gasteiger charge is 2.48. The standard InChI is InChI=1S/C21H29N3O3S/c25-20-21(23-19(22-20)18-9-5-2-6-10-18)12-14-24(15-13-21)28(26,27)16-11-17-7-3-1-4-8-17/h1,3-4,7-8,18H,2,5-6,9-16H2,(H,22,23,25). The number of hydrogen-bond acceptors (Lipinski definition) is 4. The first-order chi connectivity index (χ1) is 13.5. The molecule has 6 nitrogen and oxygen atoms in total. The Kier molecular flexibility index (Phi) is 5.56. The quantitative estimate of drug-likeness (QED) is 0.820. The Morgan fingerprint density at radius 1 is 1.07 bits per heavy atom. The Balaban J connectivity index is 1.38. The van der Waals surface area contributed by atoms with Gasteiger partial charge in [0, 0.05) is 19.0 Å². The van der Waals surface area contributed by atoms with Crippen molar-refractivity contribution in [2.24, 2.45) is 10.9 Å². The minimum absolute atomic E-state index is 0.0330. The van der Waals surface area contributed by atoms with Gasteiger partial charge >= 0.3 is 0 Å². The number of nitrogens with zero attached hydrogens (tertiary/aromatic N) is 2. The average molecular weight is 404 g/mol. The van der Waals surface area contributed by atoms with Crippen molar-refractivity contribution in [2.45, 2.75) is 56.9 Å². The molecule has 3 aliphatic rings. The van der Waals surface area contributed by atoms with Crippen LogP contribution in [-0.4, -0.2) is 48.8 Å². The number of nitrogens with one attached hydrogen (secondary N) is 1. The number of benzene rings is 1. The van der Waals surface area contributed by atoms with E-state index in [4.69, 9.17) is 4.99 Å². The minimum atomic E-state index is -3.33. The fourth-order valence-electron chi connectivity index (χ4n) is 4.61. The average Bonchev–Trinajstić information content (AvgIpc) is 3.04. The van der Waals surface area contributed by atoms with E-state index in [1.165, 1.54) is 19.3 Å². The molecule has 0 unspecified atom stereocenters. The SMILES string of the molecule is O=C1NC(C2CCCCC2)=NC12CCN(S(=O)(=O)CCc1ccccc1)CC2. The molecule has 1 N–H and O–H groups in total. The van der Waals surface area contributed by atoms with E-state index in [-0.39, 0.29) is 11.7 Å². The van der Waals surface area contributed by atoms with Crippen LogP contribution in [0.3, 0.4) is 0 Å². The van der Waals surface area contributed by atoms with Gasteiger partial charge in [-0.3, -0.25) is 9.79 Å². The third kappa shape index (κ3) is 4.01. The predicted molar refractivity (Wildman–Crippen MR) is 110 cm³/mol. The lowest BCUT2D eigenvalue weighted by atomic mass is 9.88. The molecule has 0 bridgehead atoms. The number of rotatable bonds is 5. The van der Waals surface area contributed by atoms with Crippen molar-refractivity contribution in [2.75, 3.05) is 18.8 Å². The molecule has 7 heteroatoms. The van der Waals surface area contributed by atoms with Crippen LogP contribution in [0.15, 0.2) is 35.3 Å². The summed E-state index contributed by atoms with van der Waals surface area (Å²) in [7, 11) is -3.33. The van der Waals surface area contributed by atoms with Gasteiger partial charge in [0.1, 0.15) is 11.4 Å². The number of piperidine rings is 1. The molecule has 2 fully saturated rings. The molecule has 0 atom stereocenters. The molecule has 2 heterocycles. The summed E-state index contributed by atoms with van der Waals surface area (Å²) >= 11 is 0. The van der Waals surface area contributed by atoms with Gasteiger partial charge < -0.3 is 5.32 Å². The van der Waals surface area contributed by atoms with Crippen molar-refractivity contribution in [1.82, 2.24) is 9.62 Å². The van der Waals surface area contributed by atoms with Gasteiger partial charge in [-0.05, 0) is 37.7 Å². The molecule has 4 rings (SSSR count). The Morgan fingerprint density at radius 3 is 2.43 bits per heavy atom. The van der Waals surface area contributed by atoms with Gasteiger partial charge in [-0.15, -0.1) is 0 Å². The number of aliphatic imine (C=N–C) groups is 1. The number of amides is 1. The molecule has 0 aromatic heterocycles. The highest BCUT2D eigenvalue weighted by molar-refractivity contribution is 7.89. The van der Waals surface area contributed by atoms with Crippen molar-refractivity contribution >= 4 is 21.8 Å². The first-order valence-electron chi connectivity index (χ1n) is 10.4.